The second-order valence-corrected chi connectivity index (χ2v) is 5.03. The summed E-state index contributed by atoms with van der Waals surface area (Å²) in [6.45, 7) is 1.67. The van der Waals surface area contributed by atoms with Crippen LogP contribution in [0.5, 0.6) is 5.75 Å². The topological polar surface area (TPSA) is 75.6 Å². The van der Waals surface area contributed by atoms with E-state index in [9.17, 15) is 9.59 Å². The van der Waals surface area contributed by atoms with E-state index in [0.29, 0.717) is 5.75 Å². The van der Waals surface area contributed by atoms with Crippen LogP contribution in [-0.2, 0) is 9.59 Å². The Hall–Kier alpha value is -1.56. The predicted octanol–water partition coefficient (Wildman–Crippen LogP) is 1.51. The Morgan fingerprint density at radius 1 is 1.56 bits per heavy atom. The first-order chi connectivity index (χ1) is 8.49. The third kappa shape index (κ3) is 2.48. The van der Waals surface area contributed by atoms with Crippen LogP contribution >= 0.6 is 15.9 Å². The highest BCUT2D eigenvalue weighted by Gasteiger charge is 2.31. The van der Waals surface area contributed by atoms with Crippen LogP contribution in [0.25, 0.3) is 0 Å². The molecule has 6 heteroatoms. The molecule has 96 valence electrons. The summed E-state index contributed by atoms with van der Waals surface area (Å²) in [4.78, 5) is 22.7. The molecule has 1 aromatic rings. The molecule has 0 fully saturated rings. The molecule has 1 aliphatic rings. The van der Waals surface area contributed by atoms with Crippen LogP contribution < -0.4 is 10.1 Å². The number of carboxylic acids is 1. The van der Waals surface area contributed by atoms with Gasteiger partial charge in [0.2, 0.25) is 5.91 Å². The van der Waals surface area contributed by atoms with Gasteiger partial charge in [0, 0.05) is 10.0 Å². The molecule has 1 unspecified atom stereocenters. The molecule has 1 amide bonds. The average molecular weight is 314 g/mol. The SMILES string of the molecule is C[C@H](NC(=O)C1COc2ccc(Br)cc21)C(=O)O. The molecule has 0 saturated heterocycles. The molecule has 5 nitrogen and oxygen atoms in total. The third-order valence-corrected chi connectivity index (χ3v) is 3.29. The zero-order valence-corrected chi connectivity index (χ0v) is 11.2. The molecule has 1 heterocycles. The maximum absolute atomic E-state index is 12.0. The number of ether oxygens (including phenoxy) is 1. The summed E-state index contributed by atoms with van der Waals surface area (Å²) < 4.78 is 6.26. The fourth-order valence-corrected chi connectivity index (χ4v) is 2.16. The molecule has 2 rings (SSSR count). The summed E-state index contributed by atoms with van der Waals surface area (Å²) in [5.41, 5.74) is 0.777. The molecule has 1 aromatic carbocycles. The minimum absolute atomic E-state index is 0.240. The van der Waals surface area contributed by atoms with Crippen molar-refractivity contribution in [2.75, 3.05) is 6.61 Å². The Balaban J connectivity index is 2.15. The first kappa shape index (κ1) is 12.9. The van der Waals surface area contributed by atoms with Gasteiger partial charge in [-0.15, -0.1) is 0 Å². The molecule has 18 heavy (non-hydrogen) atoms. The number of carboxylic acid groups (broad SMARTS) is 1. The number of rotatable bonds is 3. The Morgan fingerprint density at radius 2 is 2.28 bits per heavy atom. The number of nitrogens with one attached hydrogen (secondary N) is 1. The van der Waals surface area contributed by atoms with Crippen molar-refractivity contribution in [1.29, 1.82) is 0 Å². The average Bonchev–Trinajstić information content (AvgIpc) is 2.71. The number of aliphatic carboxylic acids is 1. The third-order valence-electron chi connectivity index (χ3n) is 2.80. The van der Waals surface area contributed by atoms with Gasteiger partial charge >= 0.3 is 5.97 Å². The van der Waals surface area contributed by atoms with Gasteiger partial charge in [0.25, 0.3) is 0 Å². The first-order valence-electron chi connectivity index (χ1n) is 5.44. The minimum atomic E-state index is -1.06. The standard InChI is InChI=1S/C12H12BrNO4/c1-6(12(16)17)14-11(15)9-5-18-10-3-2-7(13)4-8(9)10/h2-4,6,9H,5H2,1H3,(H,14,15)(H,16,17)/t6-,9?/m0/s1. The number of halogens is 1. The van der Waals surface area contributed by atoms with Crippen LogP contribution in [0, 0.1) is 0 Å². The molecule has 0 radical (unpaired) electrons. The summed E-state index contributed by atoms with van der Waals surface area (Å²) in [6.07, 6.45) is 0. The number of hydrogen-bond acceptors (Lipinski definition) is 3. The van der Waals surface area contributed by atoms with E-state index in [1.165, 1.54) is 6.92 Å². The van der Waals surface area contributed by atoms with Crippen molar-refractivity contribution in [3.8, 4) is 5.75 Å². The zero-order valence-electron chi connectivity index (χ0n) is 9.64. The van der Waals surface area contributed by atoms with Gasteiger partial charge in [-0.25, -0.2) is 0 Å². The van der Waals surface area contributed by atoms with Crippen molar-refractivity contribution in [2.24, 2.45) is 0 Å². The summed E-state index contributed by atoms with van der Waals surface area (Å²) in [6, 6.07) is 4.53. The summed E-state index contributed by atoms with van der Waals surface area (Å²) in [5.74, 6) is -1.18. The number of carbonyl (C=O) groups is 2. The maximum Gasteiger partial charge on any atom is 0.325 e. The van der Waals surface area contributed by atoms with Gasteiger partial charge in [0.1, 0.15) is 24.3 Å². The molecular formula is C12H12BrNO4. The van der Waals surface area contributed by atoms with Crippen molar-refractivity contribution in [1.82, 2.24) is 5.32 Å². The van der Waals surface area contributed by atoms with E-state index in [0.717, 1.165) is 10.0 Å². The second-order valence-electron chi connectivity index (χ2n) is 4.11. The van der Waals surface area contributed by atoms with Gasteiger partial charge in [0.05, 0.1) is 0 Å². The van der Waals surface area contributed by atoms with E-state index >= 15 is 0 Å². The lowest BCUT2D eigenvalue weighted by molar-refractivity contribution is -0.141. The molecular weight excluding hydrogens is 302 g/mol. The fourth-order valence-electron chi connectivity index (χ4n) is 1.78. The van der Waals surface area contributed by atoms with Crippen molar-refractivity contribution in [2.45, 2.75) is 18.9 Å². The van der Waals surface area contributed by atoms with E-state index in [4.69, 9.17) is 9.84 Å². The second kappa shape index (κ2) is 4.97. The van der Waals surface area contributed by atoms with Crippen LogP contribution in [0.15, 0.2) is 22.7 Å². The van der Waals surface area contributed by atoms with Crippen LogP contribution in [0.3, 0.4) is 0 Å². The van der Waals surface area contributed by atoms with Gasteiger partial charge in [-0.3, -0.25) is 9.59 Å². The largest absolute Gasteiger partial charge is 0.492 e. The summed E-state index contributed by atoms with van der Waals surface area (Å²) in [7, 11) is 0. The van der Waals surface area contributed by atoms with Crippen molar-refractivity contribution in [3.05, 3.63) is 28.2 Å². The van der Waals surface area contributed by atoms with Gasteiger partial charge in [-0.2, -0.15) is 0 Å². The lowest BCUT2D eigenvalue weighted by Crippen LogP contribution is -2.41. The fraction of sp³-hybridized carbons (Fsp3) is 0.333. The summed E-state index contributed by atoms with van der Waals surface area (Å²) in [5, 5.41) is 11.2. The van der Waals surface area contributed by atoms with Gasteiger partial charge in [-0.05, 0) is 25.1 Å². The van der Waals surface area contributed by atoms with Gasteiger partial charge in [-0.1, -0.05) is 15.9 Å². The highest BCUT2D eigenvalue weighted by molar-refractivity contribution is 9.10. The number of amides is 1. The lowest BCUT2D eigenvalue weighted by Gasteiger charge is -2.13. The molecule has 0 spiro atoms. The molecule has 0 aliphatic carbocycles. The van der Waals surface area contributed by atoms with E-state index in [-0.39, 0.29) is 12.5 Å². The monoisotopic (exact) mass is 313 g/mol. The normalized spacial score (nSPS) is 18.7. The van der Waals surface area contributed by atoms with Crippen LogP contribution in [-0.4, -0.2) is 29.6 Å². The Morgan fingerprint density at radius 3 is 2.94 bits per heavy atom. The maximum atomic E-state index is 12.0. The van der Waals surface area contributed by atoms with Crippen LogP contribution in [0.2, 0.25) is 0 Å². The van der Waals surface area contributed by atoms with E-state index in [1.807, 2.05) is 12.1 Å². The smallest absolute Gasteiger partial charge is 0.325 e. The lowest BCUT2D eigenvalue weighted by atomic mass is 10.0. The van der Waals surface area contributed by atoms with E-state index in [1.54, 1.807) is 6.07 Å². The highest BCUT2D eigenvalue weighted by Crippen LogP contribution is 2.35. The molecule has 2 N–H and O–H groups in total. The number of fused-ring (bicyclic) bond motifs is 1. The van der Waals surface area contributed by atoms with Gasteiger partial charge in [0.15, 0.2) is 0 Å². The van der Waals surface area contributed by atoms with Gasteiger partial charge < -0.3 is 15.2 Å². The van der Waals surface area contributed by atoms with E-state index < -0.39 is 17.9 Å². The molecule has 0 saturated carbocycles. The minimum Gasteiger partial charge on any atom is -0.492 e. The van der Waals surface area contributed by atoms with E-state index in [2.05, 4.69) is 21.2 Å². The highest BCUT2D eigenvalue weighted by atomic mass is 79.9. The molecule has 0 aromatic heterocycles. The quantitative estimate of drug-likeness (QED) is 0.887. The first-order valence-corrected chi connectivity index (χ1v) is 6.23. The van der Waals surface area contributed by atoms with Crippen LogP contribution in [0.4, 0.5) is 0 Å². The van der Waals surface area contributed by atoms with Crippen molar-refractivity contribution in [3.63, 3.8) is 0 Å². The zero-order chi connectivity index (χ0) is 13.3. The Labute approximate surface area is 112 Å². The predicted molar refractivity (Wildman–Crippen MR) is 67.6 cm³/mol. The molecule has 0 bridgehead atoms. The number of hydrogen-bond donors (Lipinski definition) is 2. The number of benzene rings is 1. The van der Waals surface area contributed by atoms with Crippen LogP contribution in [0.1, 0.15) is 18.4 Å². The molecule has 2 atom stereocenters. The van der Waals surface area contributed by atoms with Crippen molar-refractivity contribution < 1.29 is 19.4 Å². The summed E-state index contributed by atoms with van der Waals surface area (Å²) >= 11 is 3.33. The molecule has 1 aliphatic heterocycles. The van der Waals surface area contributed by atoms with Crippen molar-refractivity contribution >= 4 is 27.8 Å². The number of carbonyl (C=O) groups excluding carboxylic acids is 1. The Bertz CT molecular complexity index is 503. The Kier molecular flexibility index (Phi) is 3.56.